The topological polar surface area (TPSA) is 33.1 Å². The first kappa shape index (κ1) is 15.5. The Kier molecular flexibility index (Phi) is 6.54. The fraction of sp³-hybridized carbons (Fsp3) is 0.812. The van der Waals surface area contributed by atoms with Gasteiger partial charge >= 0.3 is 0 Å². The summed E-state index contributed by atoms with van der Waals surface area (Å²) in [5, 5.41) is 3.57. The number of aromatic nitrogens is 2. The first-order valence-corrected chi connectivity index (χ1v) is 8.22. The first-order chi connectivity index (χ1) is 9.79. The number of rotatable bonds is 8. The van der Waals surface area contributed by atoms with Crippen molar-refractivity contribution >= 4 is 0 Å². The van der Waals surface area contributed by atoms with E-state index in [0.717, 1.165) is 31.9 Å². The molecule has 1 unspecified atom stereocenters. The number of hydrogen-bond donors (Lipinski definition) is 1. The van der Waals surface area contributed by atoms with E-state index in [1.807, 2.05) is 6.20 Å². The van der Waals surface area contributed by atoms with Crippen molar-refractivity contribution in [3.8, 4) is 0 Å². The SMILES string of the molecule is CCCn1ccnc1CNCC(C)CN1CCCCC1. The van der Waals surface area contributed by atoms with E-state index >= 15 is 0 Å². The predicted octanol–water partition coefficient (Wildman–Crippen LogP) is 2.50. The molecule has 114 valence electrons. The van der Waals surface area contributed by atoms with E-state index < -0.39 is 0 Å². The Hall–Kier alpha value is -0.870. The summed E-state index contributed by atoms with van der Waals surface area (Å²) in [7, 11) is 0. The summed E-state index contributed by atoms with van der Waals surface area (Å²) in [5.41, 5.74) is 0. The molecule has 1 saturated heterocycles. The van der Waals surface area contributed by atoms with E-state index in [0.29, 0.717) is 5.92 Å². The van der Waals surface area contributed by atoms with Crippen LogP contribution >= 0.6 is 0 Å². The average Bonchev–Trinajstić information content (AvgIpc) is 2.88. The number of imidazole rings is 1. The lowest BCUT2D eigenvalue weighted by Crippen LogP contribution is -2.36. The summed E-state index contributed by atoms with van der Waals surface area (Å²) in [6.07, 6.45) is 9.34. The molecule has 1 aromatic rings. The molecule has 2 heterocycles. The summed E-state index contributed by atoms with van der Waals surface area (Å²) in [6.45, 7) is 11.4. The molecule has 0 radical (unpaired) electrons. The van der Waals surface area contributed by atoms with Crippen molar-refractivity contribution in [2.45, 2.75) is 52.6 Å². The van der Waals surface area contributed by atoms with Crippen LogP contribution in [0.1, 0.15) is 45.4 Å². The minimum atomic E-state index is 0.711. The van der Waals surface area contributed by atoms with E-state index in [-0.39, 0.29) is 0 Å². The zero-order valence-corrected chi connectivity index (χ0v) is 13.1. The highest BCUT2D eigenvalue weighted by Gasteiger charge is 2.13. The van der Waals surface area contributed by atoms with Crippen LogP contribution in [0, 0.1) is 5.92 Å². The van der Waals surface area contributed by atoms with Gasteiger partial charge in [-0.15, -0.1) is 0 Å². The third-order valence-electron chi connectivity index (χ3n) is 4.06. The van der Waals surface area contributed by atoms with Gasteiger partial charge in [0.25, 0.3) is 0 Å². The summed E-state index contributed by atoms with van der Waals surface area (Å²) >= 11 is 0. The highest BCUT2D eigenvalue weighted by molar-refractivity contribution is 4.91. The Labute approximate surface area is 123 Å². The fourth-order valence-corrected chi connectivity index (χ4v) is 3.03. The van der Waals surface area contributed by atoms with Crippen LogP contribution in [-0.4, -0.2) is 40.6 Å². The number of nitrogens with one attached hydrogen (secondary N) is 1. The number of nitrogens with zero attached hydrogens (tertiary/aromatic N) is 3. The quantitative estimate of drug-likeness (QED) is 0.793. The van der Waals surface area contributed by atoms with E-state index in [4.69, 9.17) is 0 Å². The average molecular weight is 278 g/mol. The van der Waals surface area contributed by atoms with Crippen molar-refractivity contribution in [3.63, 3.8) is 0 Å². The molecule has 0 amide bonds. The molecule has 0 saturated carbocycles. The highest BCUT2D eigenvalue weighted by Crippen LogP contribution is 2.10. The predicted molar refractivity (Wildman–Crippen MR) is 83.7 cm³/mol. The van der Waals surface area contributed by atoms with E-state index in [1.165, 1.54) is 38.9 Å². The van der Waals surface area contributed by atoms with Crippen LogP contribution in [-0.2, 0) is 13.1 Å². The van der Waals surface area contributed by atoms with Gasteiger partial charge in [-0.3, -0.25) is 0 Å². The van der Waals surface area contributed by atoms with Crippen molar-refractivity contribution in [2.75, 3.05) is 26.2 Å². The molecular formula is C16H30N4. The molecule has 1 aliphatic rings. The molecule has 1 N–H and O–H groups in total. The number of hydrogen-bond acceptors (Lipinski definition) is 3. The molecule has 1 aromatic heterocycles. The molecule has 0 aromatic carbocycles. The molecule has 0 spiro atoms. The van der Waals surface area contributed by atoms with Gasteiger partial charge in [-0.2, -0.15) is 0 Å². The molecule has 1 atom stereocenters. The second-order valence-corrected chi connectivity index (χ2v) is 6.13. The van der Waals surface area contributed by atoms with E-state index in [2.05, 4.69) is 39.8 Å². The lowest BCUT2D eigenvalue weighted by Gasteiger charge is -2.29. The minimum absolute atomic E-state index is 0.711. The lowest BCUT2D eigenvalue weighted by atomic mass is 10.1. The Morgan fingerprint density at radius 3 is 2.85 bits per heavy atom. The summed E-state index contributed by atoms with van der Waals surface area (Å²) < 4.78 is 2.25. The molecule has 0 aliphatic carbocycles. The van der Waals surface area contributed by atoms with Crippen molar-refractivity contribution in [1.29, 1.82) is 0 Å². The standard InChI is InChI=1S/C16H30N4/c1-3-8-20-11-7-18-16(20)13-17-12-15(2)14-19-9-5-4-6-10-19/h7,11,15,17H,3-6,8-10,12-14H2,1-2H3. The van der Waals surface area contributed by atoms with E-state index in [9.17, 15) is 0 Å². The normalized spacial score (nSPS) is 18.3. The summed E-state index contributed by atoms with van der Waals surface area (Å²) in [6, 6.07) is 0. The third-order valence-corrected chi connectivity index (χ3v) is 4.06. The van der Waals surface area contributed by atoms with Crippen LogP contribution in [0.15, 0.2) is 12.4 Å². The molecule has 0 bridgehead atoms. The van der Waals surface area contributed by atoms with Crippen LogP contribution in [0.4, 0.5) is 0 Å². The second-order valence-electron chi connectivity index (χ2n) is 6.13. The highest BCUT2D eigenvalue weighted by atomic mass is 15.1. The zero-order valence-electron chi connectivity index (χ0n) is 13.1. The summed E-state index contributed by atoms with van der Waals surface area (Å²) in [5.74, 6) is 1.87. The van der Waals surface area contributed by atoms with Crippen molar-refractivity contribution in [3.05, 3.63) is 18.2 Å². The Morgan fingerprint density at radius 2 is 2.10 bits per heavy atom. The van der Waals surface area contributed by atoms with Gasteiger partial charge in [0, 0.05) is 25.5 Å². The Balaban J connectivity index is 1.65. The lowest BCUT2D eigenvalue weighted by molar-refractivity contribution is 0.199. The van der Waals surface area contributed by atoms with E-state index in [1.54, 1.807) is 0 Å². The molecule has 20 heavy (non-hydrogen) atoms. The van der Waals surface area contributed by atoms with Gasteiger partial charge in [0.1, 0.15) is 5.82 Å². The molecule has 1 fully saturated rings. The van der Waals surface area contributed by atoms with Gasteiger partial charge < -0.3 is 14.8 Å². The smallest absolute Gasteiger partial charge is 0.122 e. The van der Waals surface area contributed by atoms with Gasteiger partial charge in [-0.05, 0) is 44.8 Å². The number of aryl methyl sites for hydroxylation is 1. The molecule has 2 rings (SSSR count). The van der Waals surface area contributed by atoms with Gasteiger partial charge in [0.15, 0.2) is 0 Å². The first-order valence-electron chi connectivity index (χ1n) is 8.22. The number of likely N-dealkylation sites (tertiary alicyclic amines) is 1. The largest absolute Gasteiger partial charge is 0.334 e. The Morgan fingerprint density at radius 1 is 1.30 bits per heavy atom. The third kappa shape index (κ3) is 4.91. The van der Waals surface area contributed by atoms with Crippen molar-refractivity contribution in [2.24, 2.45) is 5.92 Å². The summed E-state index contributed by atoms with van der Waals surface area (Å²) in [4.78, 5) is 7.06. The number of piperidine rings is 1. The fourth-order valence-electron chi connectivity index (χ4n) is 3.03. The molecule has 4 heteroatoms. The molecule has 4 nitrogen and oxygen atoms in total. The van der Waals surface area contributed by atoms with Crippen LogP contribution in [0.3, 0.4) is 0 Å². The van der Waals surface area contributed by atoms with Crippen molar-refractivity contribution in [1.82, 2.24) is 19.8 Å². The zero-order chi connectivity index (χ0) is 14.2. The monoisotopic (exact) mass is 278 g/mol. The maximum Gasteiger partial charge on any atom is 0.122 e. The van der Waals surface area contributed by atoms with Crippen LogP contribution in [0.25, 0.3) is 0 Å². The second kappa shape index (κ2) is 8.42. The van der Waals surface area contributed by atoms with Crippen LogP contribution < -0.4 is 5.32 Å². The Bertz CT molecular complexity index is 368. The van der Waals surface area contributed by atoms with Crippen molar-refractivity contribution < 1.29 is 0 Å². The van der Waals surface area contributed by atoms with Gasteiger partial charge in [0.05, 0.1) is 6.54 Å². The van der Waals surface area contributed by atoms with Gasteiger partial charge in [-0.25, -0.2) is 4.98 Å². The van der Waals surface area contributed by atoms with Crippen LogP contribution in [0.5, 0.6) is 0 Å². The maximum atomic E-state index is 4.44. The maximum absolute atomic E-state index is 4.44. The van der Waals surface area contributed by atoms with Crippen LogP contribution in [0.2, 0.25) is 0 Å². The van der Waals surface area contributed by atoms with Gasteiger partial charge in [0.2, 0.25) is 0 Å². The van der Waals surface area contributed by atoms with Gasteiger partial charge in [-0.1, -0.05) is 20.3 Å². The minimum Gasteiger partial charge on any atom is -0.334 e. The molecular weight excluding hydrogens is 248 g/mol. The molecule has 1 aliphatic heterocycles.